The summed E-state index contributed by atoms with van der Waals surface area (Å²) in [5.74, 6) is 1.18. The molecule has 0 aliphatic carbocycles. The monoisotopic (exact) mass is 381 g/mol. The molecule has 150 valence electrons. The van der Waals surface area contributed by atoms with Gasteiger partial charge in [0, 0.05) is 61.2 Å². The van der Waals surface area contributed by atoms with E-state index in [2.05, 4.69) is 58.6 Å². The molecular formula is C22H31N5O. The first-order valence-electron chi connectivity index (χ1n) is 10.5. The van der Waals surface area contributed by atoms with Gasteiger partial charge in [-0.25, -0.2) is 0 Å². The van der Waals surface area contributed by atoms with Gasteiger partial charge in [-0.3, -0.25) is 9.79 Å². The lowest BCUT2D eigenvalue weighted by Gasteiger charge is -2.40. The van der Waals surface area contributed by atoms with Crippen molar-refractivity contribution in [2.45, 2.75) is 39.5 Å². The second-order valence-electron chi connectivity index (χ2n) is 8.24. The maximum atomic E-state index is 11.8. The molecular weight excluding hydrogens is 350 g/mol. The molecule has 0 saturated carbocycles. The Balaban J connectivity index is 1.47. The van der Waals surface area contributed by atoms with E-state index in [-0.39, 0.29) is 11.3 Å². The summed E-state index contributed by atoms with van der Waals surface area (Å²) in [5.41, 5.74) is 3.87. The van der Waals surface area contributed by atoms with Crippen molar-refractivity contribution < 1.29 is 4.79 Å². The first-order valence-corrected chi connectivity index (χ1v) is 10.5. The highest BCUT2D eigenvalue weighted by Crippen LogP contribution is 2.36. The lowest BCUT2D eigenvalue weighted by molar-refractivity contribution is -0.119. The predicted molar refractivity (Wildman–Crippen MR) is 114 cm³/mol. The number of rotatable bonds is 4. The number of aryl methyl sites for hydroxylation is 1. The number of aromatic nitrogens is 1. The second-order valence-corrected chi connectivity index (χ2v) is 8.24. The van der Waals surface area contributed by atoms with Crippen LogP contribution in [0.15, 0.2) is 29.3 Å². The van der Waals surface area contributed by atoms with Crippen LogP contribution < -0.4 is 10.6 Å². The summed E-state index contributed by atoms with van der Waals surface area (Å²) in [6.07, 6.45) is 3.80. The van der Waals surface area contributed by atoms with Crippen LogP contribution in [-0.4, -0.2) is 54.5 Å². The number of likely N-dealkylation sites (tertiary alicyclic amines) is 1. The molecule has 1 spiro atoms. The van der Waals surface area contributed by atoms with E-state index in [1.807, 2.05) is 0 Å². The molecule has 2 saturated heterocycles. The molecule has 0 bridgehead atoms. The van der Waals surface area contributed by atoms with Crippen LogP contribution in [0.3, 0.4) is 0 Å². The van der Waals surface area contributed by atoms with E-state index >= 15 is 0 Å². The van der Waals surface area contributed by atoms with Gasteiger partial charge in [0.15, 0.2) is 5.96 Å². The lowest BCUT2D eigenvalue weighted by Crippen LogP contribution is -2.51. The minimum Gasteiger partial charge on any atom is -0.358 e. The number of amides is 1. The van der Waals surface area contributed by atoms with Crippen molar-refractivity contribution in [3.05, 3.63) is 35.5 Å². The third-order valence-corrected chi connectivity index (χ3v) is 6.14. The Bertz CT molecular complexity index is 886. The summed E-state index contributed by atoms with van der Waals surface area (Å²) in [6.45, 7) is 8.58. The number of piperidine rings is 1. The number of aliphatic imine (C=N–C) groups is 1. The first kappa shape index (κ1) is 18.8. The average Bonchev–Trinajstić information content (AvgIpc) is 3.20. The molecule has 3 heterocycles. The zero-order chi connectivity index (χ0) is 19.6. The Labute approximate surface area is 166 Å². The Morgan fingerprint density at radius 3 is 3.00 bits per heavy atom. The van der Waals surface area contributed by atoms with Gasteiger partial charge in [0.1, 0.15) is 0 Å². The maximum Gasteiger partial charge on any atom is 0.220 e. The number of carbonyl (C=O) groups is 1. The van der Waals surface area contributed by atoms with E-state index in [0.717, 1.165) is 57.9 Å². The smallest absolute Gasteiger partial charge is 0.220 e. The molecule has 2 aliphatic rings. The number of hydrogen-bond donors (Lipinski definition) is 3. The van der Waals surface area contributed by atoms with Crippen molar-refractivity contribution in [1.29, 1.82) is 0 Å². The molecule has 4 rings (SSSR count). The average molecular weight is 382 g/mol. The molecule has 2 aliphatic heterocycles. The number of nitrogens with zero attached hydrogens (tertiary/aromatic N) is 2. The van der Waals surface area contributed by atoms with Crippen molar-refractivity contribution >= 4 is 22.8 Å². The number of benzene rings is 1. The normalized spacial score (nSPS) is 22.9. The number of fused-ring (bicyclic) bond motifs is 1. The van der Waals surface area contributed by atoms with Gasteiger partial charge in [-0.15, -0.1) is 0 Å². The van der Waals surface area contributed by atoms with Gasteiger partial charge in [-0.2, -0.15) is 0 Å². The first-order chi connectivity index (χ1) is 13.6. The summed E-state index contributed by atoms with van der Waals surface area (Å²) in [5, 5.41) is 7.79. The summed E-state index contributed by atoms with van der Waals surface area (Å²) < 4.78 is 0. The molecule has 28 heavy (non-hydrogen) atoms. The van der Waals surface area contributed by atoms with Crippen LogP contribution in [0.25, 0.3) is 10.9 Å². The van der Waals surface area contributed by atoms with Crippen LogP contribution in [0.5, 0.6) is 0 Å². The van der Waals surface area contributed by atoms with Crippen LogP contribution in [-0.2, 0) is 11.2 Å². The Kier molecular flexibility index (Phi) is 5.29. The van der Waals surface area contributed by atoms with Gasteiger partial charge in [0.2, 0.25) is 5.91 Å². The zero-order valence-electron chi connectivity index (χ0n) is 17.0. The van der Waals surface area contributed by atoms with Crippen LogP contribution in [0.1, 0.15) is 37.4 Å². The summed E-state index contributed by atoms with van der Waals surface area (Å²) in [4.78, 5) is 22.6. The number of hydrogen-bond acceptors (Lipinski definition) is 2. The van der Waals surface area contributed by atoms with E-state index in [1.54, 1.807) is 0 Å². The molecule has 6 heteroatoms. The maximum absolute atomic E-state index is 11.8. The quantitative estimate of drug-likeness (QED) is 0.563. The molecule has 1 aromatic carbocycles. The number of carbonyl (C=O) groups excluding carboxylic acids is 1. The van der Waals surface area contributed by atoms with Gasteiger partial charge in [-0.1, -0.05) is 18.2 Å². The summed E-state index contributed by atoms with van der Waals surface area (Å²) in [6, 6.07) is 8.47. The van der Waals surface area contributed by atoms with Gasteiger partial charge < -0.3 is 20.5 Å². The number of H-pyrrole nitrogens is 1. The third kappa shape index (κ3) is 3.73. The van der Waals surface area contributed by atoms with Crippen molar-refractivity contribution in [2.24, 2.45) is 10.4 Å². The van der Waals surface area contributed by atoms with Crippen LogP contribution in [0, 0.1) is 12.3 Å². The number of nitrogens with one attached hydrogen (secondary N) is 3. The minimum atomic E-state index is 0.0823. The molecule has 0 radical (unpaired) electrons. The highest BCUT2D eigenvalue weighted by atomic mass is 16.1. The van der Waals surface area contributed by atoms with Gasteiger partial charge in [-0.05, 0) is 44.7 Å². The van der Waals surface area contributed by atoms with Gasteiger partial charge in [0.05, 0.1) is 0 Å². The van der Waals surface area contributed by atoms with Crippen molar-refractivity contribution in [2.75, 3.05) is 32.7 Å². The fourth-order valence-corrected chi connectivity index (χ4v) is 4.79. The highest BCUT2D eigenvalue weighted by Gasteiger charge is 2.42. The molecule has 6 nitrogen and oxygen atoms in total. The lowest BCUT2D eigenvalue weighted by atomic mass is 9.79. The van der Waals surface area contributed by atoms with E-state index in [0.29, 0.717) is 6.42 Å². The van der Waals surface area contributed by atoms with E-state index in [4.69, 9.17) is 4.99 Å². The zero-order valence-corrected chi connectivity index (χ0v) is 17.0. The number of para-hydroxylation sites is 1. The molecule has 3 N–H and O–H groups in total. The summed E-state index contributed by atoms with van der Waals surface area (Å²) >= 11 is 0. The SMILES string of the molecule is CCNC(=NCCc1c(C)[nH]c2ccccc12)N1CCCC2(CNC(=O)C2)C1. The minimum absolute atomic E-state index is 0.0823. The fourth-order valence-electron chi connectivity index (χ4n) is 4.79. The molecule has 2 fully saturated rings. The number of aromatic amines is 1. The highest BCUT2D eigenvalue weighted by molar-refractivity contribution is 5.85. The predicted octanol–water partition coefficient (Wildman–Crippen LogP) is 2.59. The molecule has 2 aromatic rings. The van der Waals surface area contributed by atoms with Crippen molar-refractivity contribution in [1.82, 2.24) is 20.5 Å². The molecule has 1 aromatic heterocycles. The van der Waals surface area contributed by atoms with Crippen LogP contribution >= 0.6 is 0 Å². The molecule has 1 amide bonds. The van der Waals surface area contributed by atoms with Crippen molar-refractivity contribution in [3.63, 3.8) is 0 Å². The molecule has 1 atom stereocenters. The summed E-state index contributed by atoms with van der Waals surface area (Å²) in [7, 11) is 0. The van der Waals surface area contributed by atoms with Gasteiger partial charge in [0.25, 0.3) is 0 Å². The van der Waals surface area contributed by atoms with Crippen LogP contribution in [0.4, 0.5) is 0 Å². The van der Waals surface area contributed by atoms with Crippen LogP contribution in [0.2, 0.25) is 0 Å². The molecule has 1 unspecified atom stereocenters. The standard InChI is InChI=1S/C22H31N5O/c1-3-23-21(27-12-6-10-22(15-27)13-20(28)25-14-22)24-11-9-17-16(2)26-19-8-5-4-7-18(17)19/h4-5,7-8,26H,3,6,9-15H2,1-2H3,(H,23,24)(H,25,28). The Hall–Kier alpha value is -2.50. The van der Waals surface area contributed by atoms with E-state index in [9.17, 15) is 4.79 Å². The Morgan fingerprint density at radius 2 is 2.21 bits per heavy atom. The topological polar surface area (TPSA) is 72.5 Å². The third-order valence-electron chi connectivity index (χ3n) is 6.14. The second kappa shape index (κ2) is 7.86. The van der Waals surface area contributed by atoms with Crippen molar-refractivity contribution in [3.8, 4) is 0 Å². The number of guanidine groups is 1. The van der Waals surface area contributed by atoms with Gasteiger partial charge >= 0.3 is 0 Å². The van der Waals surface area contributed by atoms with E-state index in [1.165, 1.54) is 22.2 Å². The Morgan fingerprint density at radius 1 is 1.36 bits per heavy atom. The van der Waals surface area contributed by atoms with E-state index < -0.39 is 0 Å². The largest absolute Gasteiger partial charge is 0.358 e. The fraction of sp³-hybridized carbons (Fsp3) is 0.545.